The number of fused-ring (bicyclic) bond motifs is 16. The van der Waals surface area contributed by atoms with Crippen molar-refractivity contribution in [2.45, 2.75) is 146 Å². The number of hydrogen-bond acceptors (Lipinski definition) is 2. The molecule has 0 saturated heterocycles. The van der Waals surface area contributed by atoms with Crippen LogP contribution in [-0.4, -0.2) is 22.7 Å². The Morgan fingerprint density at radius 3 is 1.12 bits per heavy atom. The summed E-state index contributed by atoms with van der Waals surface area (Å²) in [6.45, 7) is 41.5. The highest BCUT2D eigenvalue weighted by Crippen LogP contribution is 2.57. The largest absolute Gasteiger partial charge is 0.375 e. The van der Waals surface area contributed by atoms with E-state index in [4.69, 9.17) is 0 Å². The van der Waals surface area contributed by atoms with Gasteiger partial charge < -0.3 is 18.8 Å². The van der Waals surface area contributed by atoms with Gasteiger partial charge in [0.2, 0.25) is 0 Å². The van der Waals surface area contributed by atoms with Gasteiger partial charge in [0.15, 0.2) is 0 Å². The van der Waals surface area contributed by atoms with Crippen molar-refractivity contribution in [3.63, 3.8) is 0 Å². The van der Waals surface area contributed by atoms with Crippen LogP contribution < -0.4 is 31.7 Å². The second kappa shape index (κ2) is 19.7. The number of aryl methyl sites for hydroxylation is 6. The summed E-state index contributed by atoms with van der Waals surface area (Å²) in [5.41, 5.74) is 41.0. The molecule has 4 aliphatic heterocycles. The lowest BCUT2D eigenvalue weighted by Gasteiger charge is -2.42. The van der Waals surface area contributed by atoms with Crippen molar-refractivity contribution in [2.75, 3.05) is 9.80 Å². The average molecular weight is 1220 g/mol. The van der Waals surface area contributed by atoms with Crippen LogP contribution in [0.5, 0.6) is 0 Å². The fraction of sp³-hybridized carbons (Fsp3) is 0.250. The zero-order chi connectivity index (χ0) is 65.5. The molecule has 2 aromatic heterocycles. The lowest BCUT2D eigenvalue weighted by Crippen LogP contribution is -2.57. The van der Waals surface area contributed by atoms with Crippen molar-refractivity contribution in [2.24, 2.45) is 0 Å². The molecule has 4 nitrogen and oxygen atoms in total. The van der Waals surface area contributed by atoms with Crippen molar-refractivity contribution in [1.29, 1.82) is 0 Å². The van der Waals surface area contributed by atoms with Gasteiger partial charge in [-0.05, 0) is 236 Å². The maximum absolute atomic E-state index is 2.85. The highest BCUT2D eigenvalue weighted by atomic mass is 15.2. The van der Waals surface area contributed by atoms with Gasteiger partial charge in [0.25, 0.3) is 0 Å². The number of anilines is 6. The molecular formula is C88H84B2N4. The molecule has 0 N–H and O–H groups in total. The van der Waals surface area contributed by atoms with Crippen LogP contribution >= 0.6 is 0 Å². The molecule has 94 heavy (non-hydrogen) atoms. The van der Waals surface area contributed by atoms with E-state index in [9.17, 15) is 0 Å². The van der Waals surface area contributed by atoms with Gasteiger partial charge in [-0.3, -0.25) is 0 Å². The van der Waals surface area contributed by atoms with E-state index in [1.54, 1.807) is 0 Å². The molecule has 0 amide bonds. The van der Waals surface area contributed by atoms with Crippen LogP contribution in [0.4, 0.5) is 34.1 Å². The van der Waals surface area contributed by atoms with E-state index in [2.05, 4.69) is 325 Å². The smallest absolute Gasteiger partial charge is 0.333 e. The summed E-state index contributed by atoms with van der Waals surface area (Å²) in [7, 11) is 0. The Balaban J connectivity index is 1.09. The molecular weight excluding hydrogens is 1130 g/mol. The molecule has 0 aliphatic carbocycles. The minimum absolute atomic E-state index is 0.00708. The molecule has 0 atom stereocenters. The predicted molar refractivity (Wildman–Crippen MR) is 408 cm³/mol. The Morgan fingerprint density at radius 2 is 0.691 bits per heavy atom. The predicted octanol–water partition coefficient (Wildman–Crippen LogP) is 21.1. The van der Waals surface area contributed by atoms with Crippen molar-refractivity contribution in [3.8, 4) is 44.5 Å². The lowest BCUT2D eigenvalue weighted by atomic mass is 9.44. The monoisotopic (exact) mass is 1220 g/mol. The Kier molecular flexibility index (Phi) is 12.3. The van der Waals surface area contributed by atoms with Crippen molar-refractivity contribution < 1.29 is 0 Å². The molecule has 17 rings (SSSR count). The quantitative estimate of drug-likeness (QED) is 0.163. The summed E-state index contributed by atoms with van der Waals surface area (Å²) in [6.07, 6.45) is 0. The summed E-state index contributed by atoms with van der Waals surface area (Å²) in [5, 5.41) is 5.21. The maximum atomic E-state index is 2.85. The third-order valence-corrected chi connectivity index (χ3v) is 22.0. The first-order valence-corrected chi connectivity index (χ1v) is 34.3. The Bertz CT molecular complexity index is 5440. The highest BCUT2D eigenvalue weighted by Gasteiger charge is 2.49. The molecule has 462 valence electrons. The van der Waals surface area contributed by atoms with E-state index in [0.29, 0.717) is 0 Å². The van der Waals surface area contributed by atoms with Crippen LogP contribution in [0.15, 0.2) is 182 Å². The van der Waals surface area contributed by atoms with Crippen molar-refractivity contribution in [3.05, 3.63) is 238 Å². The molecule has 0 fully saturated rings. The van der Waals surface area contributed by atoms with E-state index in [1.165, 1.54) is 200 Å². The minimum atomic E-state index is -0.155. The molecule has 13 aromatic rings. The number of hydrogen-bond donors (Lipinski definition) is 0. The van der Waals surface area contributed by atoms with Crippen LogP contribution in [0.3, 0.4) is 0 Å². The third-order valence-electron chi connectivity index (χ3n) is 22.0. The van der Waals surface area contributed by atoms with Gasteiger partial charge in [0, 0.05) is 88.9 Å². The fourth-order valence-corrected chi connectivity index (χ4v) is 17.8. The van der Waals surface area contributed by atoms with Crippen LogP contribution in [0, 0.1) is 41.5 Å². The molecule has 0 spiro atoms. The number of nitrogens with zero attached hydrogens (tertiary/aromatic N) is 4. The maximum Gasteiger partial charge on any atom is 0.333 e. The second-order valence-corrected chi connectivity index (χ2v) is 32.5. The summed E-state index contributed by atoms with van der Waals surface area (Å²) < 4.78 is 5.69. The first-order valence-electron chi connectivity index (χ1n) is 34.3. The van der Waals surface area contributed by atoms with E-state index < -0.39 is 0 Å². The first-order chi connectivity index (χ1) is 44.6. The zero-order valence-electron chi connectivity index (χ0n) is 58.3. The Hall–Kier alpha value is -9.25. The summed E-state index contributed by atoms with van der Waals surface area (Å²) in [6, 6.07) is 73.0. The van der Waals surface area contributed by atoms with Gasteiger partial charge in [0.05, 0.1) is 0 Å². The standard InChI is InChI=1S/C88H84B2N4/c1-49-41-51(3)75(52(4)42-49)55-25-38-69-65(45-55)79-78-64-22-19-23-72-82(64)90(68-47-59(87(13,14)15)32-40-71(68)91(72)61-33-27-57(28-34-61)85(7,8)9)94-70-39-26-56(76-53(5)43-50(2)44-54(76)6)46-66(70)80(84(78)94)77-63-21-20-24-73-81(63)89(93(69)83(77)79)67-37-31-60(88(16,17)18)48-74(67)92(73)62-35-29-58(30-36-62)86(10,11)12/h19-48H,1-18H3. The first kappa shape index (κ1) is 58.6. The van der Waals surface area contributed by atoms with Crippen LogP contribution in [0.1, 0.15) is 139 Å². The van der Waals surface area contributed by atoms with Gasteiger partial charge in [-0.2, -0.15) is 0 Å². The number of rotatable bonds is 4. The number of benzene rings is 11. The molecule has 6 heteroatoms. The van der Waals surface area contributed by atoms with Gasteiger partial charge in [-0.25, -0.2) is 0 Å². The molecule has 0 radical (unpaired) electrons. The van der Waals surface area contributed by atoms with Crippen LogP contribution in [0.2, 0.25) is 0 Å². The average Bonchev–Trinajstić information content (AvgIpc) is 1.45. The molecule has 0 unspecified atom stereocenters. The lowest BCUT2D eigenvalue weighted by molar-refractivity contribution is 0.590. The molecule has 4 aliphatic rings. The van der Waals surface area contributed by atoms with Crippen molar-refractivity contribution in [1.82, 2.24) is 8.96 Å². The molecule has 0 bridgehead atoms. The van der Waals surface area contributed by atoms with E-state index >= 15 is 0 Å². The number of aromatic nitrogens is 2. The summed E-state index contributed by atoms with van der Waals surface area (Å²) in [5.74, 6) is 0. The van der Waals surface area contributed by atoms with Gasteiger partial charge >= 0.3 is 13.7 Å². The second-order valence-electron chi connectivity index (χ2n) is 32.5. The summed E-state index contributed by atoms with van der Waals surface area (Å²) in [4.78, 5) is 5.22. The SMILES string of the molecule is Cc1cc(C)c(-c2ccc3c(c2)c2c4c5c(c6c2n3B2c3cc(C(C)(C)C)ccc3N(c3ccc(C(C)(C)C)cc3)c3cccc-6c32)c2cc(-c3c(C)cc(C)cc3C)ccc2n5B2c3ccc(C(C)(C)C)cc3N(c3ccc(C(C)(C)C)cc3)c3cccc-4c32)c(C)c1. The van der Waals surface area contributed by atoms with Gasteiger partial charge in [-0.1, -0.05) is 203 Å². The normalized spacial score (nSPS) is 14.0. The van der Waals surface area contributed by atoms with E-state index in [-0.39, 0.29) is 35.4 Å². The van der Waals surface area contributed by atoms with Gasteiger partial charge in [0.1, 0.15) is 0 Å². The Labute approximate surface area is 557 Å². The van der Waals surface area contributed by atoms with Crippen LogP contribution in [0.25, 0.3) is 88.1 Å². The highest BCUT2D eigenvalue weighted by molar-refractivity contribution is 6.92. The van der Waals surface area contributed by atoms with E-state index in [0.717, 1.165) is 0 Å². The topological polar surface area (TPSA) is 16.3 Å². The molecule has 6 heterocycles. The molecule has 0 saturated carbocycles. The fourth-order valence-electron chi connectivity index (χ4n) is 17.8. The van der Waals surface area contributed by atoms with Crippen LogP contribution in [-0.2, 0) is 21.7 Å². The minimum Gasteiger partial charge on any atom is -0.375 e. The molecule has 11 aromatic carbocycles. The van der Waals surface area contributed by atoms with Gasteiger partial charge in [-0.15, -0.1) is 0 Å². The zero-order valence-corrected chi connectivity index (χ0v) is 58.3. The summed E-state index contributed by atoms with van der Waals surface area (Å²) >= 11 is 0. The van der Waals surface area contributed by atoms with Crippen molar-refractivity contribution >= 4 is 113 Å². The third kappa shape index (κ3) is 8.26. The Morgan fingerprint density at radius 1 is 0.309 bits per heavy atom. The van der Waals surface area contributed by atoms with E-state index in [1.807, 2.05) is 0 Å².